The summed E-state index contributed by atoms with van der Waals surface area (Å²) in [5.41, 5.74) is 1.07. The molecule has 2 heterocycles. The fraction of sp³-hybridized carbons (Fsp3) is 0.333. The third-order valence-corrected chi connectivity index (χ3v) is 4.63. The predicted molar refractivity (Wildman–Crippen MR) is 78.8 cm³/mol. The molecule has 0 saturated heterocycles. The maximum absolute atomic E-state index is 12.1. The lowest BCUT2D eigenvalue weighted by molar-refractivity contribution is -0.136. The molecule has 3 rings (SSSR count). The zero-order valence-corrected chi connectivity index (χ0v) is 12.3. The van der Waals surface area contributed by atoms with Gasteiger partial charge in [0.1, 0.15) is 0 Å². The first-order valence-corrected chi connectivity index (χ1v) is 7.43. The Morgan fingerprint density at radius 3 is 2.90 bits per heavy atom. The largest absolute Gasteiger partial charge is 0.493 e. The highest BCUT2D eigenvalue weighted by Crippen LogP contribution is 2.43. The number of aliphatic carboxylic acids is 1. The van der Waals surface area contributed by atoms with Crippen molar-refractivity contribution in [1.82, 2.24) is 0 Å². The van der Waals surface area contributed by atoms with Gasteiger partial charge in [0.2, 0.25) is 0 Å². The average molecular weight is 306 g/mol. The number of benzene rings is 1. The van der Waals surface area contributed by atoms with Crippen molar-refractivity contribution in [1.29, 1.82) is 0 Å². The standard InChI is InChI=1S/C15H14O5S/c1-19-11-7-12-9(8-4-5-20-15(8)11)6-13(21-12)10(16)2-3-14(17)18/h6-7H,2-5H2,1H3,(H,17,18). The van der Waals surface area contributed by atoms with Gasteiger partial charge in [-0.1, -0.05) is 0 Å². The van der Waals surface area contributed by atoms with Gasteiger partial charge in [0.05, 0.1) is 25.0 Å². The van der Waals surface area contributed by atoms with Crippen molar-refractivity contribution in [2.45, 2.75) is 19.3 Å². The summed E-state index contributed by atoms with van der Waals surface area (Å²) in [6.45, 7) is 0.614. The van der Waals surface area contributed by atoms with Gasteiger partial charge >= 0.3 is 5.97 Å². The fourth-order valence-corrected chi connectivity index (χ4v) is 3.59. The molecule has 1 aliphatic rings. The number of thiophene rings is 1. The fourth-order valence-electron chi connectivity index (χ4n) is 2.50. The van der Waals surface area contributed by atoms with Crippen LogP contribution in [0.5, 0.6) is 11.5 Å². The third-order valence-electron chi connectivity index (χ3n) is 3.51. The minimum atomic E-state index is -0.958. The molecule has 0 atom stereocenters. The van der Waals surface area contributed by atoms with Crippen LogP contribution < -0.4 is 9.47 Å². The summed E-state index contributed by atoms with van der Waals surface area (Å²) in [6.07, 6.45) is 0.679. The van der Waals surface area contributed by atoms with Gasteiger partial charge in [-0.25, -0.2) is 0 Å². The van der Waals surface area contributed by atoms with Gasteiger partial charge in [0, 0.05) is 34.6 Å². The van der Waals surface area contributed by atoms with Crippen LogP contribution >= 0.6 is 11.3 Å². The van der Waals surface area contributed by atoms with E-state index < -0.39 is 5.97 Å². The van der Waals surface area contributed by atoms with Crippen LogP contribution in [-0.2, 0) is 11.2 Å². The van der Waals surface area contributed by atoms with Gasteiger partial charge in [0.15, 0.2) is 17.3 Å². The van der Waals surface area contributed by atoms with Crippen molar-refractivity contribution in [2.24, 2.45) is 0 Å². The molecule has 110 valence electrons. The molecule has 1 aromatic carbocycles. The number of carbonyl (C=O) groups excluding carboxylic acids is 1. The zero-order valence-electron chi connectivity index (χ0n) is 11.5. The van der Waals surface area contributed by atoms with E-state index in [0.717, 1.165) is 27.8 Å². The van der Waals surface area contributed by atoms with Crippen LogP contribution in [0.4, 0.5) is 0 Å². The van der Waals surface area contributed by atoms with Crippen LogP contribution in [0.3, 0.4) is 0 Å². The van der Waals surface area contributed by atoms with Crippen molar-refractivity contribution in [3.8, 4) is 11.5 Å². The van der Waals surface area contributed by atoms with Gasteiger partial charge < -0.3 is 14.6 Å². The maximum Gasteiger partial charge on any atom is 0.303 e. The first-order chi connectivity index (χ1) is 10.1. The van der Waals surface area contributed by atoms with E-state index in [1.54, 1.807) is 7.11 Å². The number of carboxylic acids is 1. The van der Waals surface area contributed by atoms with E-state index in [-0.39, 0.29) is 18.6 Å². The normalized spacial score (nSPS) is 13.0. The van der Waals surface area contributed by atoms with E-state index in [9.17, 15) is 9.59 Å². The summed E-state index contributed by atoms with van der Waals surface area (Å²) in [5.74, 6) is 0.347. The monoisotopic (exact) mass is 306 g/mol. The summed E-state index contributed by atoms with van der Waals surface area (Å²) < 4.78 is 11.9. The Balaban J connectivity index is 2.00. The number of fused-ring (bicyclic) bond motifs is 3. The number of ether oxygens (including phenoxy) is 2. The van der Waals surface area contributed by atoms with Crippen LogP contribution in [0.1, 0.15) is 28.1 Å². The van der Waals surface area contributed by atoms with Crippen molar-refractivity contribution in [3.05, 3.63) is 22.6 Å². The molecule has 21 heavy (non-hydrogen) atoms. The van der Waals surface area contributed by atoms with Crippen molar-refractivity contribution >= 4 is 33.2 Å². The molecule has 0 amide bonds. The molecule has 5 nitrogen and oxygen atoms in total. The average Bonchev–Trinajstić information content (AvgIpc) is 3.09. The molecule has 0 saturated carbocycles. The number of rotatable bonds is 5. The second-order valence-electron chi connectivity index (χ2n) is 4.82. The van der Waals surface area contributed by atoms with Gasteiger partial charge in [-0.05, 0) is 6.07 Å². The lowest BCUT2D eigenvalue weighted by Gasteiger charge is -2.07. The third kappa shape index (κ3) is 2.47. The Morgan fingerprint density at radius 2 is 2.19 bits per heavy atom. The van der Waals surface area contributed by atoms with E-state index in [4.69, 9.17) is 14.6 Å². The SMILES string of the molecule is COc1cc2sc(C(=O)CCC(=O)O)cc2c2c1OCC2. The smallest absolute Gasteiger partial charge is 0.303 e. The number of ketones is 1. The molecule has 1 N–H and O–H groups in total. The lowest BCUT2D eigenvalue weighted by atomic mass is 10.1. The lowest BCUT2D eigenvalue weighted by Crippen LogP contribution is -2.01. The highest BCUT2D eigenvalue weighted by Gasteiger charge is 2.23. The van der Waals surface area contributed by atoms with E-state index >= 15 is 0 Å². The van der Waals surface area contributed by atoms with E-state index in [2.05, 4.69) is 0 Å². The molecule has 0 spiro atoms. The zero-order chi connectivity index (χ0) is 15.0. The molecular formula is C15H14O5S. The van der Waals surface area contributed by atoms with Crippen LogP contribution in [0, 0.1) is 0 Å². The predicted octanol–water partition coefficient (Wildman–Crippen LogP) is 2.89. The van der Waals surface area contributed by atoms with Gasteiger partial charge in [-0.3, -0.25) is 9.59 Å². The Morgan fingerprint density at radius 1 is 1.38 bits per heavy atom. The molecule has 0 fully saturated rings. The molecule has 0 aliphatic carbocycles. The molecule has 1 aliphatic heterocycles. The Hall–Kier alpha value is -2.08. The number of carboxylic acid groups (broad SMARTS) is 1. The summed E-state index contributed by atoms with van der Waals surface area (Å²) in [7, 11) is 1.59. The van der Waals surface area contributed by atoms with Crippen LogP contribution in [0.2, 0.25) is 0 Å². The molecule has 2 aromatic rings. The Kier molecular flexibility index (Phi) is 3.55. The topological polar surface area (TPSA) is 72.8 Å². The van der Waals surface area contributed by atoms with Gasteiger partial charge in [-0.15, -0.1) is 11.3 Å². The van der Waals surface area contributed by atoms with Crippen molar-refractivity contribution in [2.75, 3.05) is 13.7 Å². The number of Topliss-reactive ketones (excluding diaryl/α,β-unsaturated/α-hetero) is 1. The number of hydrogen-bond donors (Lipinski definition) is 1. The van der Waals surface area contributed by atoms with Gasteiger partial charge in [0.25, 0.3) is 0 Å². The number of hydrogen-bond acceptors (Lipinski definition) is 5. The summed E-state index contributed by atoms with van der Waals surface area (Å²) >= 11 is 1.37. The maximum atomic E-state index is 12.1. The minimum absolute atomic E-state index is 0.0258. The minimum Gasteiger partial charge on any atom is -0.493 e. The van der Waals surface area contributed by atoms with Crippen LogP contribution in [0.15, 0.2) is 12.1 Å². The molecule has 6 heteroatoms. The number of carbonyl (C=O) groups is 2. The molecule has 0 unspecified atom stereocenters. The second-order valence-corrected chi connectivity index (χ2v) is 5.91. The van der Waals surface area contributed by atoms with Crippen molar-refractivity contribution in [3.63, 3.8) is 0 Å². The van der Waals surface area contributed by atoms with Gasteiger partial charge in [-0.2, -0.15) is 0 Å². The first kappa shape index (κ1) is 13.9. The summed E-state index contributed by atoms with van der Waals surface area (Å²) in [6, 6.07) is 3.72. The van der Waals surface area contributed by atoms with Crippen LogP contribution in [-0.4, -0.2) is 30.6 Å². The molecule has 0 radical (unpaired) electrons. The highest BCUT2D eigenvalue weighted by atomic mass is 32.1. The second kappa shape index (κ2) is 5.37. The molecule has 1 aromatic heterocycles. The molecule has 0 bridgehead atoms. The molecular weight excluding hydrogens is 292 g/mol. The first-order valence-electron chi connectivity index (χ1n) is 6.61. The summed E-state index contributed by atoms with van der Waals surface area (Å²) in [5, 5.41) is 9.67. The van der Waals surface area contributed by atoms with Crippen LogP contribution in [0.25, 0.3) is 10.1 Å². The summed E-state index contributed by atoms with van der Waals surface area (Å²) in [4.78, 5) is 23.2. The quantitative estimate of drug-likeness (QED) is 0.860. The van der Waals surface area contributed by atoms with E-state index in [0.29, 0.717) is 17.2 Å². The highest BCUT2D eigenvalue weighted by molar-refractivity contribution is 7.20. The number of methoxy groups -OCH3 is 1. The Bertz CT molecular complexity index is 731. The Labute approximate surface area is 125 Å². The van der Waals surface area contributed by atoms with Crippen molar-refractivity contribution < 1.29 is 24.2 Å². The van der Waals surface area contributed by atoms with E-state index in [1.165, 1.54) is 11.3 Å². The van der Waals surface area contributed by atoms with E-state index in [1.807, 2.05) is 12.1 Å².